The van der Waals surface area contributed by atoms with E-state index in [9.17, 15) is 0 Å². The molecule has 2 nitrogen and oxygen atoms in total. The van der Waals surface area contributed by atoms with Gasteiger partial charge in [-0.05, 0) is 19.1 Å². The number of rotatable bonds is 2. The second-order valence-electron chi connectivity index (χ2n) is 2.87. The summed E-state index contributed by atoms with van der Waals surface area (Å²) >= 11 is 7.25. The van der Waals surface area contributed by atoms with Crippen molar-refractivity contribution >= 4 is 33.6 Å². The highest BCUT2D eigenvalue weighted by Gasteiger charge is 2.04. The minimum atomic E-state index is 0.570. The summed E-state index contributed by atoms with van der Waals surface area (Å²) in [6.45, 7) is 1.94. The fourth-order valence-corrected chi connectivity index (χ4v) is 2.20. The second-order valence-corrected chi connectivity index (χ2v) is 4.45. The van der Waals surface area contributed by atoms with E-state index in [0.717, 1.165) is 16.4 Å². The molecule has 2 rings (SSSR count). The number of nitrogens with one attached hydrogen (secondary N) is 1. The fourth-order valence-electron chi connectivity index (χ4n) is 1.13. The third-order valence-electron chi connectivity index (χ3n) is 1.80. The van der Waals surface area contributed by atoms with Crippen LogP contribution in [0, 0.1) is 6.92 Å². The van der Waals surface area contributed by atoms with Gasteiger partial charge in [0.1, 0.15) is 5.00 Å². The van der Waals surface area contributed by atoms with Crippen molar-refractivity contribution < 1.29 is 0 Å². The lowest BCUT2D eigenvalue weighted by atomic mass is 10.3. The molecular weight excluding hydrogens is 216 g/mol. The number of halogens is 1. The van der Waals surface area contributed by atoms with E-state index in [1.54, 1.807) is 0 Å². The Morgan fingerprint density at radius 2 is 2.00 bits per heavy atom. The number of hydrogen-bond acceptors (Lipinski definition) is 3. The molecule has 0 amide bonds. The topological polar surface area (TPSA) is 24.9 Å². The van der Waals surface area contributed by atoms with Gasteiger partial charge in [-0.15, -0.1) is 0 Å². The van der Waals surface area contributed by atoms with Gasteiger partial charge in [0.25, 0.3) is 0 Å². The third-order valence-corrected chi connectivity index (χ3v) is 2.98. The Bertz CT molecular complexity index is 425. The van der Waals surface area contributed by atoms with Crippen LogP contribution in [0.3, 0.4) is 0 Å². The minimum absolute atomic E-state index is 0.570. The average Bonchev–Trinajstić information content (AvgIpc) is 2.47. The van der Waals surface area contributed by atoms with Crippen LogP contribution < -0.4 is 5.32 Å². The Labute approximate surface area is 91.6 Å². The monoisotopic (exact) mass is 224 g/mol. The summed E-state index contributed by atoms with van der Waals surface area (Å²) in [4.78, 5) is 4.13. The molecule has 1 aromatic heterocycles. The number of benzene rings is 1. The Morgan fingerprint density at radius 1 is 1.29 bits per heavy atom. The first-order valence-corrected chi connectivity index (χ1v) is 5.40. The molecule has 72 valence electrons. The highest BCUT2D eigenvalue weighted by atomic mass is 35.5. The molecule has 0 saturated heterocycles. The van der Waals surface area contributed by atoms with Crippen LogP contribution in [0.1, 0.15) is 5.69 Å². The van der Waals surface area contributed by atoms with Gasteiger partial charge in [0, 0.05) is 5.69 Å². The van der Waals surface area contributed by atoms with Gasteiger partial charge in [-0.25, -0.2) is 4.98 Å². The number of para-hydroxylation sites is 1. The van der Waals surface area contributed by atoms with Crippen LogP contribution in [0.4, 0.5) is 10.7 Å². The lowest BCUT2D eigenvalue weighted by molar-refractivity contribution is 1.26. The summed E-state index contributed by atoms with van der Waals surface area (Å²) in [7, 11) is 0. The molecule has 0 aliphatic heterocycles. The van der Waals surface area contributed by atoms with Gasteiger partial charge in [0.15, 0.2) is 4.47 Å². The summed E-state index contributed by atoms with van der Waals surface area (Å²) in [5.74, 6) is 0. The van der Waals surface area contributed by atoms with Crippen molar-refractivity contribution in [2.24, 2.45) is 0 Å². The molecule has 0 spiro atoms. The Kier molecular flexibility index (Phi) is 2.70. The first kappa shape index (κ1) is 9.49. The van der Waals surface area contributed by atoms with Crippen molar-refractivity contribution in [3.8, 4) is 0 Å². The Hall–Kier alpha value is -1.06. The molecule has 1 heterocycles. The van der Waals surface area contributed by atoms with Gasteiger partial charge >= 0.3 is 0 Å². The maximum atomic E-state index is 5.80. The first-order valence-electron chi connectivity index (χ1n) is 4.21. The zero-order chi connectivity index (χ0) is 9.97. The van der Waals surface area contributed by atoms with E-state index >= 15 is 0 Å². The number of thiazole rings is 1. The number of anilines is 2. The predicted octanol–water partition coefficient (Wildman–Crippen LogP) is 3.85. The van der Waals surface area contributed by atoms with Gasteiger partial charge in [-0.3, -0.25) is 0 Å². The van der Waals surface area contributed by atoms with Crippen molar-refractivity contribution in [1.29, 1.82) is 0 Å². The van der Waals surface area contributed by atoms with Gasteiger partial charge in [-0.1, -0.05) is 41.1 Å². The van der Waals surface area contributed by atoms with Crippen molar-refractivity contribution in [2.45, 2.75) is 6.92 Å². The maximum Gasteiger partial charge on any atom is 0.185 e. The van der Waals surface area contributed by atoms with Crippen LogP contribution in [0.25, 0.3) is 0 Å². The molecule has 0 fully saturated rings. The second kappa shape index (κ2) is 3.98. The molecule has 0 bridgehead atoms. The number of aromatic nitrogens is 1. The van der Waals surface area contributed by atoms with Crippen molar-refractivity contribution in [2.75, 3.05) is 5.32 Å². The molecule has 0 aliphatic carbocycles. The highest BCUT2D eigenvalue weighted by molar-refractivity contribution is 7.19. The zero-order valence-electron chi connectivity index (χ0n) is 7.62. The van der Waals surface area contributed by atoms with E-state index in [2.05, 4.69) is 10.3 Å². The smallest absolute Gasteiger partial charge is 0.185 e. The highest BCUT2D eigenvalue weighted by Crippen LogP contribution is 2.29. The first-order chi connectivity index (χ1) is 6.75. The van der Waals surface area contributed by atoms with Gasteiger partial charge < -0.3 is 5.32 Å². The number of hydrogen-bond donors (Lipinski definition) is 1. The average molecular weight is 225 g/mol. The third kappa shape index (κ3) is 2.05. The summed E-state index contributed by atoms with van der Waals surface area (Å²) in [6.07, 6.45) is 0. The molecule has 0 radical (unpaired) electrons. The van der Waals surface area contributed by atoms with Gasteiger partial charge in [0.05, 0.1) is 5.69 Å². The van der Waals surface area contributed by atoms with Gasteiger partial charge in [0.2, 0.25) is 0 Å². The van der Waals surface area contributed by atoms with E-state index in [1.807, 2.05) is 37.3 Å². The molecule has 0 saturated carbocycles. The van der Waals surface area contributed by atoms with Crippen LogP contribution in [0.5, 0.6) is 0 Å². The molecule has 2 aromatic rings. The largest absolute Gasteiger partial charge is 0.346 e. The van der Waals surface area contributed by atoms with E-state index in [0.29, 0.717) is 4.47 Å². The molecular formula is C10H9ClN2S. The number of nitrogens with zero attached hydrogens (tertiary/aromatic N) is 1. The SMILES string of the molecule is Cc1nc(Cl)sc1Nc1ccccc1. The fraction of sp³-hybridized carbons (Fsp3) is 0.100. The van der Waals surface area contributed by atoms with Crippen LogP contribution >= 0.6 is 22.9 Å². The standard InChI is InChI=1S/C10H9ClN2S/c1-7-9(14-10(11)12-7)13-8-5-3-2-4-6-8/h2-6,13H,1H3. The predicted molar refractivity (Wildman–Crippen MR) is 61.6 cm³/mol. The normalized spacial score (nSPS) is 10.1. The molecule has 14 heavy (non-hydrogen) atoms. The summed E-state index contributed by atoms with van der Waals surface area (Å²) in [5, 5.41) is 4.27. The molecule has 1 N–H and O–H groups in total. The molecule has 0 aliphatic rings. The summed E-state index contributed by atoms with van der Waals surface area (Å²) in [5.41, 5.74) is 1.99. The lowest BCUT2D eigenvalue weighted by Crippen LogP contribution is -1.88. The minimum Gasteiger partial charge on any atom is -0.346 e. The molecule has 4 heteroatoms. The quantitative estimate of drug-likeness (QED) is 0.838. The van der Waals surface area contributed by atoms with Crippen LogP contribution in [-0.4, -0.2) is 4.98 Å². The van der Waals surface area contributed by atoms with Gasteiger partial charge in [-0.2, -0.15) is 0 Å². The zero-order valence-corrected chi connectivity index (χ0v) is 9.19. The van der Waals surface area contributed by atoms with E-state index in [1.165, 1.54) is 11.3 Å². The maximum absolute atomic E-state index is 5.80. The Morgan fingerprint density at radius 3 is 2.57 bits per heavy atom. The lowest BCUT2D eigenvalue weighted by Gasteiger charge is -2.02. The van der Waals surface area contributed by atoms with E-state index in [-0.39, 0.29) is 0 Å². The summed E-state index contributed by atoms with van der Waals surface area (Å²) in [6, 6.07) is 9.97. The van der Waals surface area contributed by atoms with E-state index < -0.39 is 0 Å². The van der Waals surface area contributed by atoms with Crippen LogP contribution in [0.15, 0.2) is 30.3 Å². The molecule has 0 atom stereocenters. The summed E-state index contributed by atoms with van der Waals surface area (Å²) < 4.78 is 0.570. The Balaban J connectivity index is 2.23. The van der Waals surface area contributed by atoms with Crippen LogP contribution in [0.2, 0.25) is 4.47 Å². The van der Waals surface area contributed by atoms with Crippen molar-refractivity contribution in [3.63, 3.8) is 0 Å². The van der Waals surface area contributed by atoms with Crippen molar-refractivity contribution in [3.05, 3.63) is 40.5 Å². The molecule has 0 unspecified atom stereocenters. The number of aryl methyl sites for hydroxylation is 1. The van der Waals surface area contributed by atoms with E-state index in [4.69, 9.17) is 11.6 Å². The molecule has 1 aromatic carbocycles. The van der Waals surface area contributed by atoms with Crippen molar-refractivity contribution in [1.82, 2.24) is 4.98 Å². The van der Waals surface area contributed by atoms with Crippen LogP contribution in [-0.2, 0) is 0 Å².